The number of aliphatic carboxylic acids is 2. The van der Waals surface area contributed by atoms with Gasteiger partial charge in [-0.1, -0.05) is 20.3 Å². The number of unbranched alkanes of at least 4 members (excludes halogenated alkanes) is 2. The Labute approximate surface area is 126 Å². The third-order valence-electron chi connectivity index (χ3n) is 1.26. The summed E-state index contributed by atoms with van der Waals surface area (Å²) in [5, 5.41) is 37.6. The third kappa shape index (κ3) is 116. The molecule has 0 aromatic carbocycles. The Kier molecular flexibility index (Phi) is 87.0. The summed E-state index contributed by atoms with van der Waals surface area (Å²) in [5.41, 5.74) is 0. The Morgan fingerprint density at radius 2 is 0.857 bits per heavy atom. The van der Waals surface area contributed by atoms with Crippen LogP contribution in [0.25, 0.3) is 0 Å². The first kappa shape index (κ1) is 42.7. The number of carbonyl (C=O) groups is 2. The molecule has 0 unspecified atom stereocenters. The Balaban J connectivity index is -0.0000000342. The van der Waals surface area contributed by atoms with Crippen LogP contribution in [0, 0.1) is 0 Å². The molecule has 0 bridgehead atoms. The summed E-state index contributed by atoms with van der Waals surface area (Å²) in [6.45, 7) is 3.14. The number of quaternary nitrogens is 4. The summed E-state index contributed by atoms with van der Waals surface area (Å²) in [5.74, 6) is -2.17. The van der Waals surface area contributed by atoms with E-state index in [1.807, 2.05) is 0 Å². The molecule has 0 aromatic rings. The SMILES string of the molecule is CC[O-].CC[O-].O=C([O-])CCCCCC(=O)[O-].[NH4+].[NH4+].[NH4+].[NH4+]. The normalized spacial score (nSPS) is 6.67. The third-order valence-corrected chi connectivity index (χ3v) is 1.26. The molecule has 0 aliphatic carbocycles. The molecule has 0 rings (SSSR count). The zero-order valence-electron chi connectivity index (χ0n) is 14.4. The number of hydrogen-bond donors (Lipinski definition) is 4. The molecule has 136 valence electrons. The first-order valence-electron chi connectivity index (χ1n) is 5.52. The van der Waals surface area contributed by atoms with Crippen molar-refractivity contribution in [2.75, 3.05) is 13.2 Å². The average Bonchev–Trinajstić information content (AvgIpc) is 2.18. The van der Waals surface area contributed by atoms with Crippen molar-refractivity contribution in [1.29, 1.82) is 0 Å². The van der Waals surface area contributed by atoms with Gasteiger partial charge < -0.3 is 54.6 Å². The fraction of sp³-hybridized carbons (Fsp3) is 0.818. The molecule has 0 aliphatic heterocycles. The van der Waals surface area contributed by atoms with Gasteiger partial charge in [0.15, 0.2) is 0 Å². The lowest BCUT2D eigenvalue weighted by atomic mass is 10.1. The monoisotopic (exact) mass is 320 g/mol. The maximum Gasteiger partial charge on any atom is 0.0414 e. The van der Waals surface area contributed by atoms with E-state index < -0.39 is 11.9 Å². The Morgan fingerprint density at radius 3 is 1.00 bits per heavy atom. The minimum absolute atomic E-state index is 0. The minimum Gasteiger partial charge on any atom is -0.855 e. The molecular weight excluding hydrogens is 284 g/mol. The highest BCUT2D eigenvalue weighted by atomic mass is 16.4. The van der Waals surface area contributed by atoms with Gasteiger partial charge in [-0.3, -0.25) is 0 Å². The van der Waals surface area contributed by atoms with Gasteiger partial charge in [-0.05, 0) is 25.7 Å². The Bertz CT molecular complexity index is 166. The quantitative estimate of drug-likeness (QED) is 0.429. The van der Waals surface area contributed by atoms with Crippen LogP contribution >= 0.6 is 0 Å². The first-order valence-corrected chi connectivity index (χ1v) is 5.52. The van der Waals surface area contributed by atoms with Crippen LogP contribution in [0.1, 0.15) is 46.0 Å². The van der Waals surface area contributed by atoms with Crippen molar-refractivity contribution in [3.8, 4) is 0 Å². The fourth-order valence-electron chi connectivity index (χ4n) is 0.715. The van der Waals surface area contributed by atoms with E-state index >= 15 is 0 Å². The van der Waals surface area contributed by atoms with Crippen LogP contribution in [-0.4, -0.2) is 25.2 Å². The molecule has 0 radical (unpaired) electrons. The number of carboxylic acid groups (broad SMARTS) is 2. The van der Waals surface area contributed by atoms with Gasteiger partial charge in [0.2, 0.25) is 0 Å². The molecule has 16 N–H and O–H groups in total. The zero-order chi connectivity index (χ0) is 14.1. The molecular formula is C11H36N4O6. The van der Waals surface area contributed by atoms with Crippen molar-refractivity contribution in [3.05, 3.63) is 0 Å². The van der Waals surface area contributed by atoms with Crippen molar-refractivity contribution in [1.82, 2.24) is 24.6 Å². The van der Waals surface area contributed by atoms with E-state index in [9.17, 15) is 19.8 Å². The predicted molar refractivity (Wildman–Crippen MR) is 78.1 cm³/mol. The van der Waals surface area contributed by atoms with Crippen LogP contribution in [0.4, 0.5) is 0 Å². The number of carbonyl (C=O) groups excluding carboxylic acids is 2. The van der Waals surface area contributed by atoms with E-state index in [4.69, 9.17) is 10.2 Å². The molecule has 0 saturated heterocycles. The predicted octanol–water partition coefficient (Wildman–Crippen LogP) is -1.33. The summed E-state index contributed by atoms with van der Waals surface area (Å²) in [4.78, 5) is 19.7. The lowest BCUT2D eigenvalue weighted by molar-refractivity contribution is -0.362. The molecule has 0 heterocycles. The Hall–Kier alpha value is -1.30. The standard InChI is InChI=1S/C7H12O4.2C2H5O.4H3N/c8-6(9)4-2-1-3-5-7(10)11;2*1-2-3;;;;/h1-5H2,(H,8,9)(H,10,11);2*2H2,1H3;4*1H3/q;2*-1;;;;/p+2. The van der Waals surface area contributed by atoms with E-state index in [0.717, 1.165) is 0 Å². The smallest absolute Gasteiger partial charge is 0.0414 e. The average molecular weight is 320 g/mol. The second kappa shape index (κ2) is 42.8. The van der Waals surface area contributed by atoms with Gasteiger partial charge in [-0.15, -0.1) is 13.2 Å². The van der Waals surface area contributed by atoms with Crippen molar-refractivity contribution in [3.63, 3.8) is 0 Å². The molecule has 10 heteroatoms. The van der Waals surface area contributed by atoms with Crippen LogP contribution in [0.2, 0.25) is 0 Å². The van der Waals surface area contributed by atoms with Gasteiger partial charge in [0, 0.05) is 11.9 Å². The summed E-state index contributed by atoms with van der Waals surface area (Å²) >= 11 is 0. The van der Waals surface area contributed by atoms with Crippen LogP contribution in [-0.2, 0) is 9.59 Å². The molecule has 10 nitrogen and oxygen atoms in total. The Morgan fingerprint density at radius 1 is 0.667 bits per heavy atom. The van der Waals surface area contributed by atoms with Crippen LogP contribution in [0.15, 0.2) is 0 Å². The molecule has 0 atom stereocenters. The second-order valence-electron chi connectivity index (χ2n) is 2.88. The zero-order valence-corrected chi connectivity index (χ0v) is 14.4. The van der Waals surface area contributed by atoms with Gasteiger partial charge in [0.1, 0.15) is 0 Å². The van der Waals surface area contributed by atoms with E-state index in [0.29, 0.717) is 19.3 Å². The number of hydrogen-bond acceptors (Lipinski definition) is 6. The maximum absolute atomic E-state index is 9.86. The van der Waals surface area contributed by atoms with Crippen LogP contribution < -0.4 is 45.0 Å². The van der Waals surface area contributed by atoms with E-state index in [1.54, 1.807) is 13.8 Å². The maximum atomic E-state index is 9.86. The van der Waals surface area contributed by atoms with Crippen LogP contribution in [0.3, 0.4) is 0 Å². The van der Waals surface area contributed by atoms with E-state index in [-0.39, 0.29) is 50.7 Å². The summed E-state index contributed by atoms with van der Waals surface area (Å²) in [7, 11) is 0. The topological polar surface area (TPSA) is 272 Å². The lowest BCUT2D eigenvalue weighted by Crippen LogP contribution is -2.22. The molecule has 0 fully saturated rings. The second-order valence-corrected chi connectivity index (χ2v) is 2.88. The largest absolute Gasteiger partial charge is 0.855 e. The van der Waals surface area contributed by atoms with Crippen molar-refractivity contribution >= 4 is 11.9 Å². The lowest BCUT2D eigenvalue weighted by Gasteiger charge is -2.02. The number of carboxylic acids is 2. The molecule has 0 saturated carbocycles. The van der Waals surface area contributed by atoms with Crippen molar-refractivity contribution in [2.45, 2.75) is 46.0 Å². The van der Waals surface area contributed by atoms with Gasteiger partial charge in [-0.25, -0.2) is 0 Å². The van der Waals surface area contributed by atoms with Crippen molar-refractivity contribution in [2.24, 2.45) is 0 Å². The van der Waals surface area contributed by atoms with E-state index in [2.05, 4.69) is 0 Å². The highest BCUT2D eigenvalue weighted by Gasteiger charge is 1.90. The van der Waals surface area contributed by atoms with Gasteiger partial charge in [0.25, 0.3) is 0 Å². The van der Waals surface area contributed by atoms with E-state index in [1.165, 1.54) is 0 Å². The summed E-state index contributed by atoms with van der Waals surface area (Å²) in [6.07, 6.45) is 1.58. The van der Waals surface area contributed by atoms with Gasteiger partial charge in [-0.2, -0.15) is 0 Å². The van der Waals surface area contributed by atoms with Gasteiger partial charge >= 0.3 is 0 Å². The molecule has 0 amide bonds. The first-order chi connectivity index (χ1) is 7.95. The molecule has 21 heavy (non-hydrogen) atoms. The fourth-order valence-corrected chi connectivity index (χ4v) is 0.715. The highest BCUT2D eigenvalue weighted by molar-refractivity contribution is 5.64. The van der Waals surface area contributed by atoms with Crippen molar-refractivity contribution < 1.29 is 30.0 Å². The van der Waals surface area contributed by atoms with Gasteiger partial charge in [0.05, 0.1) is 0 Å². The van der Waals surface area contributed by atoms with Crippen LogP contribution in [0.5, 0.6) is 0 Å². The minimum atomic E-state index is -1.08. The summed E-state index contributed by atoms with van der Waals surface area (Å²) < 4.78 is 0. The molecule has 0 spiro atoms. The highest BCUT2D eigenvalue weighted by Crippen LogP contribution is 2.01. The molecule has 0 aliphatic rings. The number of rotatable bonds is 6. The molecule has 0 aromatic heterocycles. The summed E-state index contributed by atoms with van der Waals surface area (Å²) in [6, 6.07) is 0.